The van der Waals surface area contributed by atoms with Gasteiger partial charge in [-0.1, -0.05) is 0 Å². The second-order valence-corrected chi connectivity index (χ2v) is 4.81. The van der Waals surface area contributed by atoms with E-state index in [1.165, 1.54) is 4.53 Å². The van der Waals surface area contributed by atoms with Crippen molar-refractivity contribution < 1.29 is 14.3 Å². The Morgan fingerprint density at radius 3 is 2.53 bits per heavy atom. The van der Waals surface area contributed by atoms with Crippen LogP contribution in [-0.4, -0.2) is 22.1 Å². The van der Waals surface area contributed by atoms with Crippen molar-refractivity contribution in [3.63, 3.8) is 0 Å². The molecule has 1 aromatic heterocycles. The van der Waals surface area contributed by atoms with E-state index in [2.05, 4.69) is 0 Å². The molecular formula is C11H15ClN2O3. The normalized spacial score (nSPS) is 20.1. The van der Waals surface area contributed by atoms with Crippen LogP contribution in [0.2, 0.25) is 0 Å². The summed E-state index contributed by atoms with van der Waals surface area (Å²) in [6.45, 7) is 7.77. The monoisotopic (exact) mass is 258 g/mol. The molecule has 0 fully saturated rings. The first-order valence-electron chi connectivity index (χ1n) is 5.47. The lowest BCUT2D eigenvalue weighted by Crippen LogP contribution is -2.38. The second kappa shape index (κ2) is 3.92. The fourth-order valence-corrected chi connectivity index (χ4v) is 2.81. The Kier molecular flexibility index (Phi) is 2.83. The molecule has 94 valence electrons. The summed E-state index contributed by atoms with van der Waals surface area (Å²) in [6.07, 6.45) is 0. The highest BCUT2D eigenvalue weighted by atomic mass is 35.5. The predicted octanol–water partition coefficient (Wildman–Crippen LogP) is 2.95. The Bertz CT molecular complexity index is 470. The van der Waals surface area contributed by atoms with E-state index in [-0.39, 0.29) is 17.8 Å². The molecule has 0 aromatic carbocycles. The lowest BCUT2D eigenvalue weighted by Gasteiger charge is -2.30. The van der Waals surface area contributed by atoms with Gasteiger partial charge in [0.25, 0.3) is 0 Å². The van der Waals surface area contributed by atoms with E-state index in [1.807, 2.05) is 25.8 Å². The second-order valence-electron chi connectivity index (χ2n) is 4.49. The maximum Gasteiger partial charge on any atom is 0.372 e. The van der Waals surface area contributed by atoms with Crippen LogP contribution in [0.1, 0.15) is 48.5 Å². The van der Waals surface area contributed by atoms with Crippen molar-refractivity contribution in [1.29, 1.82) is 0 Å². The maximum atomic E-state index is 11.0. The van der Waals surface area contributed by atoms with E-state index >= 15 is 0 Å². The number of carboxylic acids is 1. The number of fused-ring (bicyclic) bond motifs is 1. The molecule has 0 bridgehead atoms. The Balaban J connectivity index is 2.51. The summed E-state index contributed by atoms with van der Waals surface area (Å²) in [7, 11) is 0. The maximum absolute atomic E-state index is 11.0. The van der Waals surface area contributed by atoms with Crippen LogP contribution in [0.3, 0.4) is 0 Å². The Labute approximate surface area is 105 Å². The highest BCUT2D eigenvalue weighted by molar-refractivity contribution is 6.25. The average molecular weight is 259 g/mol. The molecule has 1 unspecified atom stereocenters. The minimum absolute atomic E-state index is 0.0133. The molecule has 2 heterocycles. The molecular weight excluding hydrogens is 244 g/mol. The SMILES string of the molecule is Cc1c(C(=O)O)oc2c1C(C)N(C(C)C)N2Cl. The number of aromatic carboxylic acids is 1. The van der Waals surface area contributed by atoms with Crippen LogP contribution in [0.15, 0.2) is 4.42 Å². The zero-order valence-corrected chi connectivity index (χ0v) is 10.9. The van der Waals surface area contributed by atoms with Gasteiger partial charge in [-0.2, -0.15) is 9.54 Å². The molecule has 1 aliphatic rings. The first-order chi connectivity index (χ1) is 7.86. The fraction of sp³-hybridized carbons (Fsp3) is 0.545. The lowest BCUT2D eigenvalue weighted by molar-refractivity contribution is 0.0660. The molecule has 0 aliphatic carbocycles. The van der Waals surface area contributed by atoms with E-state index in [0.717, 1.165) is 5.56 Å². The zero-order valence-electron chi connectivity index (χ0n) is 10.2. The van der Waals surface area contributed by atoms with E-state index in [1.54, 1.807) is 6.92 Å². The Morgan fingerprint density at radius 2 is 2.12 bits per heavy atom. The van der Waals surface area contributed by atoms with Gasteiger partial charge < -0.3 is 9.52 Å². The molecule has 5 nitrogen and oxygen atoms in total. The molecule has 1 aromatic rings. The number of hydrogen-bond acceptors (Lipinski definition) is 4. The minimum atomic E-state index is -1.06. The van der Waals surface area contributed by atoms with Crippen molar-refractivity contribution in [2.24, 2.45) is 0 Å². The van der Waals surface area contributed by atoms with Crippen molar-refractivity contribution >= 4 is 23.6 Å². The predicted molar refractivity (Wildman–Crippen MR) is 64.1 cm³/mol. The molecule has 2 rings (SSSR count). The summed E-state index contributed by atoms with van der Waals surface area (Å²) >= 11 is 6.16. The Hall–Kier alpha value is -1.20. The molecule has 0 saturated carbocycles. The third kappa shape index (κ3) is 1.61. The first kappa shape index (κ1) is 12.3. The Morgan fingerprint density at radius 1 is 1.53 bits per heavy atom. The third-order valence-electron chi connectivity index (χ3n) is 3.08. The van der Waals surface area contributed by atoms with Gasteiger partial charge >= 0.3 is 5.97 Å². The van der Waals surface area contributed by atoms with Crippen molar-refractivity contribution in [1.82, 2.24) is 5.01 Å². The van der Waals surface area contributed by atoms with Crippen LogP contribution >= 0.6 is 11.8 Å². The van der Waals surface area contributed by atoms with Crippen molar-refractivity contribution in [3.8, 4) is 0 Å². The van der Waals surface area contributed by atoms with Gasteiger partial charge in [-0.3, -0.25) is 0 Å². The summed E-state index contributed by atoms with van der Waals surface area (Å²) < 4.78 is 6.71. The minimum Gasteiger partial charge on any atom is -0.475 e. The highest BCUT2D eigenvalue weighted by Gasteiger charge is 2.41. The van der Waals surface area contributed by atoms with Gasteiger partial charge in [0.2, 0.25) is 11.6 Å². The van der Waals surface area contributed by atoms with Gasteiger partial charge in [-0.15, -0.1) is 0 Å². The summed E-state index contributed by atoms with van der Waals surface area (Å²) in [5.41, 5.74) is 1.50. The van der Waals surface area contributed by atoms with E-state index in [0.29, 0.717) is 11.4 Å². The number of nitrogens with zero attached hydrogens (tertiary/aromatic N) is 2. The third-order valence-corrected chi connectivity index (χ3v) is 3.41. The molecule has 1 N–H and O–H groups in total. The van der Waals surface area contributed by atoms with Gasteiger partial charge in [0.05, 0.1) is 6.04 Å². The molecule has 0 spiro atoms. The van der Waals surface area contributed by atoms with Gasteiger partial charge in [0, 0.05) is 28.9 Å². The van der Waals surface area contributed by atoms with Crippen LogP contribution in [0.25, 0.3) is 0 Å². The van der Waals surface area contributed by atoms with Gasteiger partial charge in [-0.05, 0) is 27.7 Å². The summed E-state index contributed by atoms with van der Waals surface area (Å²) in [6, 6.07) is 0.220. The van der Waals surface area contributed by atoms with E-state index in [4.69, 9.17) is 21.3 Å². The zero-order chi connectivity index (χ0) is 12.9. The standard InChI is InChI=1S/C11H15ClN2O3/c1-5(2)13-7(4)8-6(3)9(11(15)16)17-10(8)14(13)12/h5,7H,1-4H3,(H,15,16). The number of hydrogen-bond donors (Lipinski definition) is 1. The van der Waals surface area contributed by atoms with Crippen molar-refractivity contribution in [3.05, 3.63) is 16.9 Å². The number of halogens is 1. The van der Waals surface area contributed by atoms with Gasteiger partial charge in [0.1, 0.15) is 0 Å². The van der Waals surface area contributed by atoms with E-state index in [9.17, 15) is 4.79 Å². The molecule has 1 atom stereocenters. The topological polar surface area (TPSA) is 56.9 Å². The molecule has 1 aliphatic heterocycles. The molecule has 0 radical (unpaired) electrons. The van der Waals surface area contributed by atoms with Crippen LogP contribution < -0.4 is 4.53 Å². The number of carboxylic acid groups (broad SMARTS) is 1. The average Bonchev–Trinajstić information content (AvgIpc) is 2.65. The molecule has 0 amide bonds. The molecule has 0 saturated heterocycles. The summed E-state index contributed by atoms with van der Waals surface area (Å²) in [5, 5.41) is 10.9. The van der Waals surface area contributed by atoms with Crippen LogP contribution in [0.4, 0.5) is 5.88 Å². The number of carbonyl (C=O) groups is 1. The quantitative estimate of drug-likeness (QED) is 0.827. The van der Waals surface area contributed by atoms with Crippen LogP contribution in [-0.2, 0) is 0 Å². The van der Waals surface area contributed by atoms with Crippen LogP contribution in [0.5, 0.6) is 0 Å². The smallest absolute Gasteiger partial charge is 0.372 e. The van der Waals surface area contributed by atoms with Crippen molar-refractivity contribution in [2.75, 3.05) is 4.53 Å². The number of hydrazine groups is 1. The first-order valence-corrected chi connectivity index (χ1v) is 5.80. The van der Waals surface area contributed by atoms with Gasteiger partial charge in [-0.25, -0.2) is 4.79 Å². The largest absolute Gasteiger partial charge is 0.475 e. The van der Waals surface area contributed by atoms with Crippen LogP contribution in [0, 0.1) is 6.92 Å². The number of anilines is 1. The number of furan rings is 1. The van der Waals surface area contributed by atoms with Crippen molar-refractivity contribution in [2.45, 2.75) is 39.8 Å². The molecule has 17 heavy (non-hydrogen) atoms. The number of rotatable bonds is 2. The lowest BCUT2D eigenvalue weighted by atomic mass is 10.1. The highest BCUT2D eigenvalue weighted by Crippen LogP contribution is 2.46. The van der Waals surface area contributed by atoms with E-state index < -0.39 is 5.97 Å². The molecule has 6 heteroatoms. The summed E-state index contributed by atoms with van der Waals surface area (Å²) in [5.74, 6) is -0.677. The summed E-state index contributed by atoms with van der Waals surface area (Å²) in [4.78, 5) is 11.0. The fourth-order valence-electron chi connectivity index (χ4n) is 2.38. The van der Waals surface area contributed by atoms with Gasteiger partial charge in [0.15, 0.2) is 0 Å².